The molecule has 32 heavy (non-hydrogen) atoms. The van der Waals surface area contributed by atoms with Crippen LogP contribution in [0.2, 0.25) is 0 Å². The molecule has 3 aromatic heterocycles. The number of nitrogens with zero attached hydrogens (tertiary/aromatic N) is 3. The lowest BCUT2D eigenvalue weighted by Crippen LogP contribution is -1.97. The molecule has 0 atom stereocenters. The first kappa shape index (κ1) is 19.0. The van der Waals surface area contributed by atoms with E-state index in [-0.39, 0.29) is 0 Å². The molecule has 0 fully saturated rings. The second-order valence-corrected chi connectivity index (χ2v) is 8.54. The van der Waals surface area contributed by atoms with Gasteiger partial charge in [-0.05, 0) is 70.5 Å². The maximum atomic E-state index is 4.61. The van der Waals surface area contributed by atoms with Gasteiger partial charge in [-0.25, -0.2) is 0 Å². The largest absolute Gasteiger partial charge is 0.308 e. The van der Waals surface area contributed by atoms with E-state index < -0.39 is 0 Å². The van der Waals surface area contributed by atoms with Gasteiger partial charge in [0.2, 0.25) is 0 Å². The summed E-state index contributed by atoms with van der Waals surface area (Å²) < 4.78 is 3.39. The molecule has 3 aromatic carbocycles. The van der Waals surface area contributed by atoms with Crippen molar-refractivity contribution in [2.75, 3.05) is 0 Å². The lowest BCUT2D eigenvalue weighted by molar-refractivity contribution is 1.17. The van der Waals surface area contributed by atoms with Crippen LogP contribution >= 0.6 is 15.9 Å². The van der Waals surface area contributed by atoms with Crippen LogP contribution in [0.5, 0.6) is 0 Å². The summed E-state index contributed by atoms with van der Waals surface area (Å²) in [6.45, 7) is 0. The molecule has 0 aliphatic rings. The molecule has 0 saturated carbocycles. The minimum absolute atomic E-state index is 0.936. The fraction of sp³-hybridized carbons (Fsp3) is 0. The van der Waals surface area contributed by atoms with Crippen molar-refractivity contribution in [3.05, 3.63) is 114 Å². The van der Waals surface area contributed by atoms with Gasteiger partial charge in [-0.3, -0.25) is 9.97 Å². The molecule has 6 aromatic rings. The Morgan fingerprint density at radius 3 is 1.88 bits per heavy atom. The van der Waals surface area contributed by atoms with Gasteiger partial charge in [0, 0.05) is 44.5 Å². The molecular weight excluding hydrogens is 458 g/mol. The minimum Gasteiger partial charge on any atom is -0.308 e. The molecule has 0 spiro atoms. The van der Waals surface area contributed by atoms with Crippen molar-refractivity contribution in [3.63, 3.8) is 0 Å². The van der Waals surface area contributed by atoms with Crippen LogP contribution in [0.1, 0.15) is 0 Å². The van der Waals surface area contributed by atoms with Crippen LogP contribution in [0, 0.1) is 0 Å². The van der Waals surface area contributed by atoms with Crippen molar-refractivity contribution < 1.29 is 0 Å². The van der Waals surface area contributed by atoms with Crippen molar-refractivity contribution >= 4 is 37.7 Å². The number of rotatable bonds is 3. The van der Waals surface area contributed by atoms with E-state index in [0.29, 0.717) is 0 Å². The monoisotopic (exact) mass is 475 g/mol. The van der Waals surface area contributed by atoms with E-state index >= 15 is 0 Å². The molecule has 0 aliphatic carbocycles. The van der Waals surface area contributed by atoms with E-state index in [2.05, 4.69) is 91.1 Å². The predicted molar refractivity (Wildman–Crippen MR) is 135 cm³/mol. The zero-order chi connectivity index (χ0) is 21.5. The number of benzene rings is 3. The van der Waals surface area contributed by atoms with Gasteiger partial charge < -0.3 is 4.57 Å². The number of para-hydroxylation sites is 2. The van der Waals surface area contributed by atoms with Crippen LogP contribution in [0.3, 0.4) is 0 Å². The fourth-order valence-electron chi connectivity index (χ4n) is 4.35. The van der Waals surface area contributed by atoms with Crippen LogP contribution in [0.4, 0.5) is 0 Å². The highest BCUT2D eigenvalue weighted by Crippen LogP contribution is 2.38. The highest BCUT2D eigenvalue weighted by Gasteiger charge is 2.16. The third-order valence-electron chi connectivity index (χ3n) is 5.74. The average molecular weight is 476 g/mol. The molecule has 0 amide bonds. The molecule has 0 saturated heterocycles. The molecule has 0 radical (unpaired) electrons. The molecule has 152 valence electrons. The van der Waals surface area contributed by atoms with E-state index in [4.69, 9.17) is 0 Å². The first-order valence-corrected chi connectivity index (χ1v) is 11.2. The number of halogens is 1. The summed E-state index contributed by atoms with van der Waals surface area (Å²) in [5.74, 6) is 0. The molecule has 0 N–H and O–H groups in total. The normalized spacial score (nSPS) is 11.3. The Hall–Kier alpha value is -3.76. The van der Waals surface area contributed by atoms with Gasteiger partial charge in [-0.15, -0.1) is 0 Å². The van der Waals surface area contributed by atoms with Gasteiger partial charge in [0.1, 0.15) is 0 Å². The Labute approximate surface area is 194 Å². The summed E-state index contributed by atoms with van der Waals surface area (Å²) in [7, 11) is 0. The molecular formula is C28H18BrN3. The summed E-state index contributed by atoms with van der Waals surface area (Å²) in [5.41, 5.74) is 7.38. The van der Waals surface area contributed by atoms with Crippen LogP contribution in [-0.4, -0.2) is 14.5 Å². The van der Waals surface area contributed by atoms with Crippen LogP contribution < -0.4 is 0 Å². The third-order valence-corrected chi connectivity index (χ3v) is 6.38. The van der Waals surface area contributed by atoms with Gasteiger partial charge in [-0.2, -0.15) is 0 Å². The number of hydrogen-bond acceptors (Lipinski definition) is 2. The van der Waals surface area contributed by atoms with Crippen LogP contribution in [-0.2, 0) is 0 Å². The van der Waals surface area contributed by atoms with Gasteiger partial charge in [0.05, 0.1) is 22.4 Å². The fourth-order valence-corrected chi connectivity index (χ4v) is 4.89. The SMILES string of the molecule is Brc1cccc2c3ccccc3n(-c3cc(-c4ccccn4)cc(-c4ccccn4)c3)c12. The van der Waals surface area contributed by atoms with Crippen molar-refractivity contribution in [1.29, 1.82) is 0 Å². The molecule has 3 heterocycles. The van der Waals surface area contributed by atoms with E-state index in [0.717, 1.165) is 38.2 Å². The molecule has 4 heteroatoms. The van der Waals surface area contributed by atoms with E-state index in [1.54, 1.807) is 0 Å². The van der Waals surface area contributed by atoms with Gasteiger partial charge >= 0.3 is 0 Å². The Bertz CT molecular complexity index is 1510. The molecule has 0 bridgehead atoms. The van der Waals surface area contributed by atoms with E-state index in [9.17, 15) is 0 Å². The lowest BCUT2D eigenvalue weighted by atomic mass is 10.0. The Morgan fingerprint density at radius 1 is 0.594 bits per heavy atom. The lowest BCUT2D eigenvalue weighted by Gasteiger charge is -2.13. The van der Waals surface area contributed by atoms with E-state index in [1.165, 1.54) is 16.3 Å². The summed E-state index contributed by atoms with van der Waals surface area (Å²) in [6.07, 6.45) is 3.67. The van der Waals surface area contributed by atoms with Crippen LogP contribution in [0.15, 0.2) is 114 Å². The first-order valence-electron chi connectivity index (χ1n) is 10.5. The maximum Gasteiger partial charge on any atom is 0.0702 e. The molecule has 6 rings (SSSR count). The van der Waals surface area contributed by atoms with E-state index in [1.807, 2.05) is 48.8 Å². The molecule has 0 aliphatic heterocycles. The smallest absolute Gasteiger partial charge is 0.0702 e. The van der Waals surface area contributed by atoms with Crippen molar-refractivity contribution in [1.82, 2.24) is 14.5 Å². The number of aromatic nitrogens is 3. The summed E-state index contributed by atoms with van der Waals surface area (Å²) >= 11 is 3.80. The summed E-state index contributed by atoms with van der Waals surface area (Å²) in [4.78, 5) is 9.22. The van der Waals surface area contributed by atoms with Crippen molar-refractivity contribution in [2.45, 2.75) is 0 Å². The molecule has 0 unspecified atom stereocenters. The Balaban J connectivity index is 1.72. The van der Waals surface area contributed by atoms with Gasteiger partial charge in [0.25, 0.3) is 0 Å². The van der Waals surface area contributed by atoms with Gasteiger partial charge in [0.15, 0.2) is 0 Å². The number of hydrogen-bond donors (Lipinski definition) is 0. The zero-order valence-corrected chi connectivity index (χ0v) is 18.7. The number of pyridine rings is 2. The quantitative estimate of drug-likeness (QED) is 0.262. The minimum atomic E-state index is 0.936. The standard InChI is InChI=1S/C28H18BrN3/c29-24-10-7-9-23-22-8-1-2-13-27(22)32(28(23)24)21-17-19(25-11-3-5-14-30-25)16-20(18-21)26-12-4-6-15-31-26/h1-18H. The van der Waals surface area contributed by atoms with Crippen molar-refractivity contribution in [2.24, 2.45) is 0 Å². The average Bonchev–Trinajstić information content (AvgIpc) is 3.21. The predicted octanol–water partition coefficient (Wildman–Crippen LogP) is 7.67. The van der Waals surface area contributed by atoms with Crippen LogP contribution in [0.25, 0.3) is 50.0 Å². The maximum absolute atomic E-state index is 4.61. The topological polar surface area (TPSA) is 30.7 Å². The highest BCUT2D eigenvalue weighted by atomic mass is 79.9. The molecule has 3 nitrogen and oxygen atoms in total. The Kier molecular flexibility index (Phi) is 4.58. The summed E-state index contributed by atoms with van der Waals surface area (Å²) in [5, 5.41) is 2.45. The second-order valence-electron chi connectivity index (χ2n) is 7.69. The van der Waals surface area contributed by atoms with Crippen molar-refractivity contribution in [3.8, 4) is 28.2 Å². The zero-order valence-electron chi connectivity index (χ0n) is 17.1. The summed E-state index contributed by atoms with van der Waals surface area (Å²) in [6, 6.07) is 33.5. The Morgan fingerprint density at radius 2 is 1.22 bits per heavy atom. The second kappa shape index (κ2) is 7.74. The highest BCUT2D eigenvalue weighted by molar-refractivity contribution is 9.10. The first-order chi connectivity index (χ1) is 15.8. The van der Waals surface area contributed by atoms with Gasteiger partial charge in [-0.1, -0.05) is 42.5 Å². The number of fused-ring (bicyclic) bond motifs is 3. The third kappa shape index (κ3) is 3.12.